The lowest BCUT2D eigenvalue weighted by Crippen LogP contribution is -2.36. The normalized spacial score (nSPS) is 19.5. The molecule has 2 heterocycles. The number of aryl methyl sites for hydroxylation is 2. The third-order valence-corrected chi connectivity index (χ3v) is 5.35. The van der Waals surface area contributed by atoms with Crippen LogP contribution in [0.15, 0.2) is 0 Å². The maximum absolute atomic E-state index is 12.3. The highest BCUT2D eigenvalue weighted by molar-refractivity contribution is 7.15. The molecule has 1 fully saturated rings. The van der Waals surface area contributed by atoms with E-state index in [0.717, 1.165) is 43.4 Å². The topological polar surface area (TPSA) is 54.5 Å². The molecule has 1 aromatic heterocycles. The van der Waals surface area contributed by atoms with Gasteiger partial charge in [-0.1, -0.05) is 13.3 Å². The van der Waals surface area contributed by atoms with Crippen molar-refractivity contribution in [1.29, 1.82) is 0 Å². The summed E-state index contributed by atoms with van der Waals surface area (Å²) in [6, 6.07) is 0. The molecule has 0 spiro atoms. The van der Waals surface area contributed by atoms with E-state index in [1.54, 1.807) is 18.4 Å². The van der Waals surface area contributed by atoms with E-state index in [2.05, 4.69) is 29.0 Å². The molecular weight excluding hydrogens is 310 g/mol. The van der Waals surface area contributed by atoms with E-state index < -0.39 is 0 Å². The molecule has 2 rings (SSSR count). The van der Waals surface area contributed by atoms with Crippen molar-refractivity contribution in [2.45, 2.75) is 46.0 Å². The number of hydrogen-bond donors (Lipinski definition) is 1. The van der Waals surface area contributed by atoms with E-state index in [0.29, 0.717) is 12.5 Å². The lowest BCUT2D eigenvalue weighted by atomic mass is 10.0. The van der Waals surface area contributed by atoms with Crippen molar-refractivity contribution in [2.24, 2.45) is 5.92 Å². The molecule has 1 saturated heterocycles. The minimum absolute atomic E-state index is 0.0498. The molecule has 0 saturated carbocycles. The van der Waals surface area contributed by atoms with Gasteiger partial charge in [0.1, 0.15) is 0 Å². The van der Waals surface area contributed by atoms with Crippen LogP contribution in [0.3, 0.4) is 0 Å². The van der Waals surface area contributed by atoms with Crippen LogP contribution in [0, 0.1) is 12.8 Å². The van der Waals surface area contributed by atoms with Gasteiger partial charge in [-0.15, -0.1) is 11.3 Å². The zero-order valence-corrected chi connectivity index (χ0v) is 15.4. The van der Waals surface area contributed by atoms with Crippen LogP contribution in [0.1, 0.15) is 43.2 Å². The fourth-order valence-electron chi connectivity index (χ4n) is 3.15. The summed E-state index contributed by atoms with van der Waals surface area (Å²) in [6.07, 6.45) is 5.66. The van der Waals surface area contributed by atoms with Crippen LogP contribution in [0.5, 0.6) is 0 Å². The molecule has 0 bridgehead atoms. The third kappa shape index (κ3) is 5.86. The van der Waals surface area contributed by atoms with Gasteiger partial charge in [0.25, 0.3) is 0 Å². The van der Waals surface area contributed by atoms with Gasteiger partial charge in [-0.2, -0.15) is 0 Å². The molecular formula is C17H29N3O2S. The summed E-state index contributed by atoms with van der Waals surface area (Å²) in [7, 11) is 1.75. The van der Waals surface area contributed by atoms with Crippen molar-refractivity contribution >= 4 is 22.4 Å². The number of methoxy groups -OCH3 is 1. The van der Waals surface area contributed by atoms with Crippen molar-refractivity contribution in [3.63, 3.8) is 0 Å². The third-order valence-electron chi connectivity index (χ3n) is 4.42. The summed E-state index contributed by atoms with van der Waals surface area (Å²) in [6.45, 7) is 7.42. The molecule has 1 amide bonds. The Balaban J connectivity index is 1.85. The number of carbonyl (C=O) groups excluding carboxylic acids is 1. The Labute approximate surface area is 143 Å². The number of nitrogens with zero attached hydrogens (tertiary/aromatic N) is 2. The van der Waals surface area contributed by atoms with Gasteiger partial charge in [0.15, 0.2) is 5.13 Å². The number of thiazole rings is 1. The van der Waals surface area contributed by atoms with Crippen molar-refractivity contribution in [3.05, 3.63) is 10.6 Å². The highest BCUT2D eigenvalue weighted by atomic mass is 32.1. The van der Waals surface area contributed by atoms with Gasteiger partial charge in [0, 0.05) is 25.1 Å². The quantitative estimate of drug-likeness (QED) is 0.829. The van der Waals surface area contributed by atoms with E-state index in [1.807, 2.05) is 0 Å². The fraction of sp³-hybridized carbons (Fsp3) is 0.765. The molecule has 6 heteroatoms. The molecule has 0 aromatic carbocycles. The molecule has 1 atom stereocenters. The first-order chi connectivity index (χ1) is 11.1. The molecule has 1 aliphatic heterocycles. The number of carbonyl (C=O) groups is 1. The van der Waals surface area contributed by atoms with E-state index in [-0.39, 0.29) is 5.91 Å². The molecule has 0 aliphatic carbocycles. The summed E-state index contributed by atoms with van der Waals surface area (Å²) < 4.78 is 5.20. The van der Waals surface area contributed by atoms with E-state index in [1.165, 1.54) is 24.1 Å². The molecule has 1 aromatic rings. The number of amides is 1. The fourth-order valence-corrected chi connectivity index (χ4v) is 4.07. The van der Waals surface area contributed by atoms with E-state index >= 15 is 0 Å². The van der Waals surface area contributed by atoms with Crippen molar-refractivity contribution in [3.8, 4) is 0 Å². The standard InChI is InChI=1S/C17H29N3O2S/c1-4-15-13(2)23-17(18-15)19-16(21)12-20-9-6-5-7-14(11-20)8-10-22-3/h14H,4-12H2,1-3H3,(H,18,19,21)/t14-/m0/s1. The lowest BCUT2D eigenvalue weighted by molar-refractivity contribution is -0.117. The largest absolute Gasteiger partial charge is 0.385 e. The van der Waals surface area contributed by atoms with Crippen LogP contribution in [0.25, 0.3) is 0 Å². The number of hydrogen-bond acceptors (Lipinski definition) is 5. The molecule has 0 radical (unpaired) electrons. The van der Waals surface area contributed by atoms with Gasteiger partial charge in [-0.25, -0.2) is 4.98 Å². The number of anilines is 1. The Bertz CT molecular complexity index is 504. The maximum atomic E-state index is 12.3. The Morgan fingerprint density at radius 3 is 3.00 bits per heavy atom. The average Bonchev–Trinajstić information content (AvgIpc) is 2.73. The molecule has 1 N–H and O–H groups in total. The van der Waals surface area contributed by atoms with Crippen LogP contribution >= 0.6 is 11.3 Å². The summed E-state index contributed by atoms with van der Waals surface area (Å²) in [5.41, 5.74) is 1.08. The first-order valence-electron chi connectivity index (χ1n) is 8.59. The second-order valence-electron chi connectivity index (χ2n) is 6.30. The van der Waals surface area contributed by atoms with Gasteiger partial charge in [0.05, 0.1) is 12.2 Å². The molecule has 5 nitrogen and oxygen atoms in total. The van der Waals surface area contributed by atoms with Crippen molar-refractivity contribution < 1.29 is 9.53 Å². The number of rotatable bonds is 7. The molecule has 0 unspecified atom stereocenters. The van der Waals surface area contributed by atoms with Gasteiger partial charge >= 0.3 is 0 Å². The lowest BCUT2D eigenvalue weighted by Gasteiger charge is -2.23. The number of nitrogens with one attached hydrogen (secondary N) is 1. The van der Waals surface area contributed by atoms with Gasteiger partial charge in [-0.05, 0) is 45.1 Å². The van der Waals surface area contributed by atoms with Crippen LogP contribution < -0.4 is 5.32 Å². The Kier molecular flexibility index (Phi) is 7.46. The Morgan fingerprint density at radius 1 is 1.48 bits per heavy atom. The second-order valence-corrected chi connectivity index (χ2v) is 7.51. The second kappa shape index (κ2) is 9.35. The maximum Gasteiger partial charge on any atom is 0.240 e. The van der Waals surface area contributed by atoms with Crippen LogP contribution in [0.2, 0.25) is 0 Å². The van der Waals surface area contributed by atoms with E-state index in [9.17, 15) is 4.79 Å². The highest BCUT2D eigenvalue weighted by Gasteiger charge is 2.20. The zero-order valence-electron chi connectivity index (χ0n) is 14.6. The van der Waals surface area contributed by atoms with Gasteiger partial charge < -0.3 is 10.1 Å². The Morgan fingerprint density at radius 2 is 2.30 bits per heavy atom. The summed E-state index contributed by atoms with van der Waals surface area (Å²) in [5, 5.41) is 3.70. The number of aromatic nitrogens is 1. The summed E-state index contributed by atoms with van der Waals surface area (Å²) >= 11 is 1.57. The van der Waals surface area contributed by atoms with Crippen LogP contribution in [-0.2, 0) is 16.0 Å². The monoisotopic (exact) mass is 339 g/mol. The van der Waals surface area contributed by atoms with Crippen molar-refractivity contribution in [1.82, 2.24) is 9.88 Å². The molecule has 1 aliphatic rings. The number of likely N-dealkylation sites (tertiary alicyclic amines) is 1. The minimum Gasteiger partial charge on any atom is -0.385 e. The Hall–Kier alpha value is -0.980. The average molecular weight is 340 g/mol. The molecule has 23 heavy (non-hydrogen) atoms. The first-order valence-corrected chi connectivity index (χ1v) is 9.41. The molecule has 130 valence electrons. The summed E-state index contributed by atoms with van der Waals surface area (Å²) in [5.74, 6) is 0.688. The van der Waals surface area contributed by atoms with Gasteiger partial charge in [-0.3, -0.25) is 9.69 Å². The van der Waals surface area contributed by atoms with Gasteiger partial charge in [0.2, 0.25) is 5.91 Å². The smallest absolute Gasteiger partial charge is 0.240 e. The SMILES string of the molecule is CCc1nc(NC(=O)CN2CCCC[C@@H](CCOC)C2)sc1C. The highest BCUT2D eigenvalue weighted by Crippen LogP contribution is 2.23. The predicted octanol–water partition coefficient (Wildman–Crippen LogP) is 3.09. The first kappa shape index (κ1) is 18.4. The summed E-state index contributed by atoms with van der Waals surface area (Å²) in [4.78, 5) is 20.3. The van der Waals surface area contributed by atoms with Crippen LogP contribution in [0.4, 0.5) is 5.13 Å². The van der Waals surface area contributed by atoms with E-state index in [4.69, 9.17) is 4.74 Å². The minimum atomic E-state index is 0.0498. The zero-order chi connectivity index (χ0) is 16.7. The number of ether oxygens (including phenoxy) is 1. The van der Waals surface area contributed by atoms with Crippen LogP contribution in [-0.4, -0.2) is 49.1 Å². The van der Waals surface area contributed by atoms with Crippen molar-refractivity contribution in [2.75, 3.05) is 38.7 Å². The predicted molar refractivity (Wildman–Crippen MR) is 95.1 cm³/mol.